The monoisotopic (exact) mass is 333 g/mol. The molecule has 1 saturated heterocycles. The van der Waals surface area contributed by atoms with Gasteiger partial charge in [0.25, 0.3) is 15.7 Å². The average Bonchev–Trinajstić information content (AvgIpc) is 2.46. The van der Waals surface area contributed by atoms with Crippen LogP contribution in [0.4, 0.5) is 5.69 Å². The van der Waals surface area contributed by atoms with Gasteiger partial charge in [-0.15, -0.1) is 0 Å². The van der Waals surface area contributed by atoms with Crippen LogP contribution in [0.3, 0.4) is 0 Å². The van der Waals surface area contributed by atoms with Crippen LogP contribution in [0, 0.1) is 16.0 Å². The van der Waals surface area contributed by atoms with E-state index in [2.05, 4.69) is 0 Å². The second-order valence-corrected chi connectivity index (χ2v) is 7.21. The number of benzene rings is 1. The minimum Gasteiger partial charge on any atom is -0.330 e. The van der Waals surface area contributed by atoms with E-state index in [0.717, 1.165) is 6.07 Å². The second kappa shape index (κ2) is 6.27. The predicted octanol–water partition coefficient (Wildman–Crippen LogP) is 1.61. The van der Waals surface area contributed by atoms with Crippen LogP contribution in [0.2, 0.25) is 5.02 Å². The summed E-state index contributed by atoms with van der Waals surface area (Å²) in [5.74, 6) is 0.290. The summed E-state index contributed by atoms with van der Waals surface area (Å²) in [5.41, 5.74) is 5.08. The average molecular weight is 334 g/mol. The molecule has 0 spiro atoms. The molecule has 7 nitrogen and oxygen atoms in total. The molecule has 2 rings (SSSR count). The van der Waals surface area contributed by atoms with Crippen LogP contribution in [-0.4, -0.2) is 37.3 Å². The van der Waals surface area contributed by atoms with Crippen molar-refractivity contribution < 1.29 is 13.3 Å². The minimum atomic E-state index is -3.98. The fourth-order valence-corrected chi connectivity index (χ4v) is 4.54. The van der Waals surface area contributed by atoms with E-state index in [9.17, 15) is 18.5 Å². The zero-order chi connectivity index (χ0) is 15.6. The molecule has 0 saturated carbocycles. The van der Waals surface area contributed by atoms with Crippen LogP contribution in [0.25, 0.3) is 0 Å². The molecule has 0 aliphatic carbocycles. The van der Waals surface area contributed by atoms with Crippen molar-refractivity contribution in [1.82, 2.24) is 4.31 Å². The number of nitrogens with two attached hydrogens (primary N) is 1. The van der Waals surface area contributed by atoms with E-state index in [1.54, 1.807) is 0 Å². The number of hydrogen-bond donors (Lipinski definition) is 1. The lowest BCUT2D eigenvalue weighted by Crippen LogP contribution is -2.40. The van der Waals surface area contributed by atoms with Gasteiger partial charge in [-0.2, -0.15) is 4.31 Å². The number of hydrogen-bond acceptors (Lipinski definition) is 5. The van der Waals surface area contributed by atoms with Crippen LogP contribution < -0.4 is 5.73 Å². The van der Waals surface area contributed by atoms with Gasteiger partial charge in [0, 0.05) is 19.2 Å². The van der Waals surface area contributed by atoms with E-state index in [0.29, 0.717) is 32.5 Å². The Morgan fingerprint density at radius 1 is 1.38 bits per heavy atom. The lowest BCUT2D eigenvalue weighted by atomic mass is 9.99. The van der Waals surface area contributed by atoms with E-state index in [4.69, 9.17) is 17.3 Å². The maximum Gasteiger partial charge on any atom is 0.290 e. The summed E-state index contributed by atoms with van der Waals surface area (Å²) in [6.07, 6.45) is 1.29. The summed E-state index contributed by atoms with van der Waals surface area (Å²) in [6.45, 7) is 1.11. The number of nitro groups is 1. The summed E-state index contributed by atoms with van der Waals surface area (Å²) in [7, 11) is -3.98. The van der Waals surface area contributed by atoms with Gasteiger partial charge in [0.05, 0.1) is 9.95 Å². The highest BCUT2D eigenvalue weighted by Crippen LogP contribution is 2.34. The Morgan fingerprint density at radius 2 is 2.00 bits per heavy atom. The SMILES string of the molecule is NCC1CCN(S(=O)(=O)c2c(Cl)cccc2[N+](=O)[O-])CC1. The Hall–Kier alpha value is -1.22. The zero-order valence-corrected chi connectivity index (χ0v) is 12.8. The molecule has 0 bridgehead atoms. The van der Waals surface area contributed by atoms with Gasteiger partial charge >= 0.3 is 0 Å². The van der Waals surface area contributed by atoms with Crippen molar-refractivity contribution in [3.8, 4) is 0 Å². The molecule has 1 heterocycles. The quantitative estimate of drug-likeness (QED) is 0.665. The molecule has 1 aromatic carbocycles. The van der Waals surface area contributed by atoms with Crippen molar-refractivity contribution in [2.45, 2.75) is 17.7 Å². The molecule has 0 atom stereocenters. The summed E-state index contributed by atoms with van der Waals surface area (Å²) >= 11 is 5.90. The third-order valence-electron chi connectivity index (χ3n) is 3.65. The molecule has 1 aromatic rings. The van der Waals surface area contributed by atoms with Crippen LogP contribution >= 0.6 is 11.6 Å². The highest BCUT2D eigenvalue weighted by Gasteiger charge is 2.35. The van der Waals surface area contributed by atoms with Crippen molar-refractivity contribution in [2.24, 2.45) is 11.7 Å². The zero-order valence-electron chi connectivity index (χ0n) is 11.2. The van der Waals surface area contributed by atoms with Crippen molar-refractivity contribution >= 4 is 27.3 Å². The molecule has 0 aromatic heterocycles. The lowest BCUT2D eigenvalue weighted by molar-refractivity contribution is -0.387. The highest BCUT2D eigenvalue weighted by molar-refractivity contribution is 7.89. The first-order valence-electron chi connectivity index (χ1n) is 6.51. The smallest absolute Gasteiger partial charge is 0.290 e. The first-order valence-corrected chi connectivity index (χ1v) is 8.33. The van der Waals surface area contributed by atoms with Crippen molar-refractivity contribution in [1.29, 1.82) is 0 Å². The minimum absolute atomic E-state index is 0.134. The largest absolute Gasteiger partial charge is 0.330 e. The molecule has 9 heteroatoms. The molecule has 1 aliphatic rings. The van der Waals surface area contributed by atoms with E-state index < -0.39 is 25.5 Å². The highest BCUT2D eigenvalue weighted by atomic mass is 35.5. The van der Waals surface area contributed by atoms with Crippen LogP contribution in [0.1, 0.15) is 12.8 Å². The van der Waals surface area contributed by atoms with Crippen LogP contribution in [0.5, 0.6) is 0 Å². The van der Waals surface area contributed by atoms with Crippen molar-refractivity contribution in [3.63, 3.8) is 0 Å². The van der Waals surface area contributed by atoms with Crippen LogP contribution in [-0.2, 0) is 10.0 Å². The van der Waals surface area contributed by atoms with Gasteiger partial charge in [0.15, 0.2) is 4.90 Å². The van der Waals surface area contributed by atoms with Crippen molar-refractivity contribution in [3.05, 3.63) is 33.3 Å². The first-order chi connectivity index (χ1) is 9.87. The molecular weight excluding hydrogens is 318 g/mol. The molecule has 1 aliphatic heterocycles. The number of sulfonamides is 1. The number of piperidine rings is 1. The first kappa shape index (κ1) is 16.2. The maximum absolute atomic E-state index is 12.6. The van der Waals surface area contributed by atoms with Gasteiger partial charge < -0.3 is 5.73 Å². The standard InChI is InChI=1S/C12H16ClN3O4S/c13-10-2-1-3-11(16(17)18)12(10)21(19,20)15-6-4-9(8-14)5-7-15/h1-3,9H,4-8,14H2. The van der Waals surface area contributed by atoms with E-state index in [-0.39, 0.29) is 10.9 Å². The summed E-state index contributed by atoms with van der Waals surface area (Å²) in [4.78, 5) is 9.89. The Labute approximate surface area is 127 Å². The third-order valence-corrected chi connectivity index (χ3v) is 6.06. The van der Waals surface area contributed by atoms with E-state index >= 15 is 0 Å². The molecule has 0 unspecified atom stereocenters. The van der Waals surface area contributed by atoms with Crippen molar-refractivity contribution in [2.75, 3.05) is 19.6 Å². The van der Waals surface area contributed by atoms with Gasteiger partial charge in [0.1, 0.15) is 0 Å². The number of nitro benzene ring substituents is 1. The summed E-state index contributed by atoms with van der Waals surface area (Å²) < 4.78 is 26.5. The fourth-order valence-electron chi connectivity index (χ4n) is 2.41. The molecule has 0 radical (unpaired) electrons. The molecular formula is C12H16ClN3O4S. The normalized spacial score (nSPS) is 17.8. The lowest BCUT2D eigenvalue weighted by Gasteiger charge is -2.30. The molecule has 21 heavy (non-hydrogen) atoms. The Balaban J connectivity index is 2.39. The van der Waals surface area contributed by atoms with Gasteiger partial charge in [-0.25, -0.2) is 8.42 Å². The van der Waals surface area contributed by atoms with Gasteiger partial charge in [-0.3, -0.25) is 10.1 Å². The van der Waals surface area contributed by atoms with Gasteiger partial charge in [0.2, 0.25) is 0 Å². The van der Waals surface area contributed by atoms with Gasteiger partial charge in [-0.1, -0.05) is 17.7 Å². The molecule has 0 amide bonds. The predicted molar refractivity (Wildman–Crippen MR) is 78.6 cm³/mol. The maximum atomic E-state index is 12.6. The van der Waals surface area contributed by atoms with E-state index in [1.165, 1.54) is 16.4 Å². The topological polar surface area (TPSA) is 107 Å². The van der Waals surface area contributed by atoms with E-state index in [1.807, 2.05) is 0 Å². The summed E-state index contributed by atoms with van der Waals surface area (Å²) in [6, 6.07) is 3.85. The third kappa shape index (κ3) is 3.18. The Morgan fingerprint density at radius 3 is 2.52 bits per heavy atom. The number of nitrogens with zero attached hydrogens (tertiary/aromatic N) is 2. The Bertz CT molecular complexity index is 642. The molecule has 2 N–H and O–H groups in total. The number of halogens is 1. The summed E-state index contributed by atoms with van der Waals surface area (Å²) in [5, 5.41) is 10.9. The number of rotatable bonds is 4. The molecule has 116 valence electrons. The second-order valence-electron chi connectivity index (χ2n) is 4.93. The fraction of sp³-hybridized carbons (Fsp3) is 0.500. The Kier molecular flexibility index (Phi) is 4.82. The molecule has 1 fully saturated rings. The van der Waals surface area contributed by atoms with Crippen LogP contribution in [0.15, 0.2) is 23.1 Å². The van der Waals surface area contributed by atoms with Gasteiger partial charge in [-0.05, 0) is 31.4 Å².